The Kier molecular flexibility index (Phi) is 5.59. The van der Waals surface area contributed by atoms with Gasteiger partial charge in [-0.2, -0.15) is 0 Å². The third-order valence-electron chi connectivity index (χ3n) is 3.64. The second kappa shape index (κ2) is 7.65. The van der Waals surface area contributed by atoms with E-state index in [2.05, 4.69) is 5.32 Å². The van der Waals surface area contributed by atoms with Gasteiger partial charge in [-0.05, 0) is 32.0 Å². The number of hydrogen-bond donors (Lipinski definition) is 1. The molecule has 0 aliphatic carbocycles. The number of ether oxygens (including phenoxy) is 2. The number of para-hydroxylation sites is 2. The molecule has 2 aromatic rings. The molecule has 0 fully saturated rings. The predicted molar refractivity (Wildman–Crippen MR) is 91.9 cm³/mol. The summed E-state index contributed by atoms with van der Waals surface area (Å²) in [7, 11) is 3.12. The Morgan fingerprint density at radius 3 is 2.48 bits per heavy atom. The highest BCUT2D eigenvalue weighted by Gasteiger charge is 2.22. The van der Waals surface area contributed by atoms with E-state index in [1.54, 1.807) is 37.5 Å². The summed E-state index contributed by atoms with van der Waals surface area (Å²) < 4.78 is 11.8. The molecule has 0 bridgehead atoms. The lowest BCUT2D eigenvalue weighted by atomic mass is 10.2. The molecular weight excluding hydrogens is 324 g/mol. The predicted octanol–water partition coefficient (Wildman–Crippen LogP) is 2.42. The van der Waals surface area contributed by atoms with Gasteiger partial charge in [0.15, 0.2) is 11.9 Å². The van der Waals surface area contributed by atoms with Gasteiger partial charge in [0.05, 0.1) is 12.8 Å². The summed E-state index contributed by atoms with van der Waals surface area (Å²) in [5.74, 6) is -0.823. The van der Waals surface area contributed by atoms with E-state index in [9.17, 15) is 14.4 Å². The van der Waals surface area contributed by atoms with E-state index in [0.29, 0.717) is 17.0 Å². The fraction of sp³-hybridized carbons (Fsp3) is 0.278. The fourth-order valence-corrected chi connectivity index (χ4v) is 2.22. The number of Topliss-reactive ketones (excluding diaryl/α,β-unsaturated/α-hetero) is 1. The van der Waals surface area contributed by atoms with Crippen molar-refractivity contribution in [3.8, 4) is 5.75 Å². The average molecular weight is 344 g/mol. The number of anilines is 1. The summed E-state index contributed by atoms with van der Waals surface area (Å²) in [4.78, 5) is 35.9. The molecule has 0 saturated heterocycles. The van der Waals surface area contributed by atoms with Crippen molar-refractivity contribution >= 4 is 23.3 Å². The summed E-state index contributed by atoms with van der Waals surface area (Å²) in [5, 5.41) is 2.65. The van der Waals surface area contributed by atoms with Gasteiger partial charge in [0.25, 0.3) is 5.91 Å². The molecule has 7 nitrogen and oxygen atoms in total. The first kappa shape index (κ1) is 18.3. The van der Waals surface area contributed by atoms with Crippen LogP contribution in [0, 0.1) is 0 Å². The maximum Gasteiger partial charge on any atom is 0.355 e. The molecule has 132 valence electrons. The molecule has 1 aromatic carbocycles. The Bertz CT molecular complexity index is 810. The van der Waals surface area contributed by atoms with Crippen LogP contribution in [0.4, 0.5) is 5.69 Å². The van der Waals surface area contributed by atoms with Crippen LogP contribution in [0.1, 0.15) is 34.7 Å². The Hall–Kier alpha value is -3.09. The molecule has 1 amide bonds. The van der Waals surface area contributed by atoms with Crippen LogP contribution in [0.15, 0.2) is 36.5 Å². The van der Waals surface area contributed by atoms with Gasteiger partial charge in [0.1, 0.15) is 11.4 Å². The first-order chi connectivity index (χ1) is 11.8. The number of methoxy groups -OCH3 is 1. The van der Waals surface area contributed by atoms with E-state index >= 15 is 0 Å². The maximum absolute atomic E-state index is 12.2. The monoisotopic (exact) mass is 344 g/mol. The summed E-state index contributed by atoms with van der Waals surface area (Å²) >= 11 is 0. The molecule has 1 aromatic heterocycles. The molecule has 0 aliphatic rings. The van der Waals surface area contributed by atoms with Crippen molar-refractivity contribution in [2.75, 3.05) is 12.4 Å². The number of amides is 1. The molecule has 1 N–H and O–H groups in total. The number of aryl methyl sites for hydroxylation is 1. The minimum absolute atomic E-state index is 0.156. The van der Waals surface area contributed by atoms with Crippen molar-refractivity contribution in [3.63, 3.8) is 0 Å². The van der Waals surface area contributed by atoms with Gasteiger partial charge in [-0.25, -0.2) is 4.79 Å². The van der Waals surface area contributed by atoms with Crippen LogP contribution < -0.4 is 10.1 Å². The van der Waals surface area contributed by atoms with Crippen LogP contribution in [-0.2, 0) is 16.6 Å². The Morgan fingerprint density at radius 1 is 1.20 bits per heavy atom. The Balaban J connectivity index is 2.05. The van der Waals surface area contributed by atoms with E-state index < -0.39 is 18.0 Å². The van der Waals surface area contributed by atoms with Gasteiger partial charge >= 0.3 is 5.97 Å². The third-order valence-corrected chi connectivity index (χ3v) is 3.64. The normalized spacial score (nSPS) is 11.5. The van der Waals surface area contributed by atoms with Crippen LogP contribution in [0.3, 0.4) is 0 Å². The average Bonchev–Trinajstić information content (AvgIpc) is 2.97. The molecule has 1 heterocycles. The molecule has 7 heteroatoms. The van der Waals surface area contributed by atoms with Gasteiger partial charge in [-0.3, -0.25) is 9.59 Å². The standard InChI is InChI=1S/C18H20N2O5/c1-11(21)13-9-15(20(3)10-13)18(23)25-12(2)17(22)19-14-7-5-6-8-16(14)24-4/h5-10,12H,1-4H3,(H,19,22)/t12-/m0/s1. The van der Waals surface area contributed by atoms with Gasteiger partial charge in [-0.15, -0.1) is 0 Å². The zero-order valence-corrected chi connectivity index (χ0v) is 14.5. The Labute approximate surface area is 145 Å². The fourth-order valence-electron chi connectivity index (χ4n) is 2.22. The molecule has 2 rings (SSSR count). The number of carbonyl (C=O) groups excluding carboxylic acids is 3. The molecule has 0 spiro atoms. The number of nitrogens with zero attached hydrogens (tertiary/aromatic N) is 1. The highest BCUT2D eigenvalue weighted by molar-refractivity contribution is 6.00. The quantitative estimate of drug-likeness (QED) is 0.642. The number of benzene rings is 1. The van der Waals surface area contributed by atoms with Crippen LogP contribution in [0.5, 0.6) is 5.75 Å². The first-order valence-corrected chi connectivity index (χ1v) is 7.65. The van der Waals surface area contributed by atoms with E-state index in [4.69, 9.17) is 9.47 Å². The van der Waals surface area contributed by atoms with Crippen LogP contribution in [0.2, 0.25) is 0 Å². The smallest absolute Gasteiger partial charge is 0.355 e. The summed E-state index contributed by atoms with van der Waals surface area (Å²) in [5.41, 5.74) is 1.08. The Morgan fingerprint density at radius 2 is 1.88 bits per heavy atom. The largest absolute Gasteiger partial charge is 0.495 e. The molecule has 1 atom stereocenters. The number of rotatable bonds is 6. The number of ketones is 1. The summed E-state index contributed by atoms with van der Waals surface area (Å²) in [6, 6.07) is 8.36. The van der Waals surface area contributed by atoms with Crippen molar-refractivity contribution in [1.82, 2.24) is 4.57 Å². The minimum atomic E-state index is -1.02. The van der Waals surface area contributed by atoms with Crippen LogP contribution >= 0.6 is 0 Å². The molecule has 0 unspecified atom stereocenters. The molecular formula is C18H20N2O5. The van der Waals surface area contributed by atoms with Crippen LogP contribution in [0.25, 0.3) is 0 Å². The topological polar surface area (TPSA) is 86.6 Å². The number of carbonyl (C=O) groups is 3. The molecule has 0 aliphatic heterocycles. The second-order valence-electron chi connectivity index (χ2n) is 5.52. The van der Waals surface area contributed by atoms with E-state index in [1.807, 2.05) is 0 Å². The van der Waals surface area contributed by atoms with Gasteiger partial charge < -0.3 is 19.4 Å². The van der Waals surface area contributed by atoms with E-state index in [0.717, 1.165) is 0 Å². The number of hydrogen-bond acceptors (Lipinski definition) is 5. The lowest BCUT2D eigenvalue weighted by molar-refractivity contribution is -0.123. The maximum atomic E-state index is 12.2. The second-order valence-corrected chi connectivity index (χ2v) is 5.52. The van der Waals surface area contributed by atoms with Crippen molar-refractivity contribution in [2.24, 2.45) is 7.05 Å². The zero-order chi connectivity index (χ0) is 18.6. The number of esters is 1. The van der Waals surface area contributed by atoms with Crippen molar-refractivity contribution < 1.29 is 23.9 Å². The van der Waals surface area contributed by atoms with Gasteiger partial charge in [-0.1, -0.05) is 12.1 Å². The lowest BCUT2D eigenvalue weighted by Gasteiger charge is -2.15. The lowest BCUT2D eigenvalue weighted by Crippen LogP contribution is -2.30. The van der Waals surface area contributed by atoms with E-state index in [-0.39, 0.29) is 11.5 Å². The zero-order valence-electron chi connectivity index (χ0n) is 14.5. The minimum Gasteiger partial charge on any atom is -0.495 e. The number of aromatic nitrogens is 1. The molecule has 25 heavy (non-hydrogen) atoms. The highest BCUT2D eigenvalue weighted by atomic mass is 16.5. The third kappa shape index (κ3) is 4.26. The summed E-state index contributed by atoms with van der Waals surface area (Å²) in [6.45, 7) is 2.88. The highest BCUT2D eigenvalue weighted by Crippen LogP contribution is 2.23. The van der Waals surface area contributed by atoms with Crippen molar-refractivity contribution in [2.45, 2.75) is 20.0 Å². The molecule has 0 saturated carbocycles. The van der Waals surface area contributed by atoms with Crippen molar-refractivity contribution in [3.05, 3.63) is 47.8 Å². The van der Waals surface area contributed by atoms with E-state index in [1.165, 1.54) is 31.6 Å². The van der Waals surface area contributed by atoms with Crippen LogP contribution in [-0.4, -0.2) is 35.4 Å². The number of nitrogens with one attached hydrogen (secondary N) is 1. The van der Waals surface area contributed by atoms with Gasteiger partial charge in [0.2, 0.25) is 0 Å². The van der Waals surface area contributed by atoms with Crippen molar-refractivity contribution in [1.29, 1.82) is 0 Å². The van der Waals surface area contributed by atoms with Gasteiger partial charge in [0, 0.05) is 18.8 Å². The summed E-state index contributed by atoms with van der Waals surface area (Å²) in [6.07, 6.45) is 0.520. The SMILES string of the molecule is COc1ccccc1NC(=O)[C@H](C)OC(=O)c1cc(C(C)=O)cn1C. The first-order valence-electron chi connectivity index (χ1n) is 7.65. The molecule has 0 radical (unpaired) electrons.